The number of aliphatic hydroxyl groups is 1. The van der Waals surface area contributed by atoms with Gasteiger partial charge in [0.2, 0.25) is 0 Å². The number of benzene rings is 1. The predicted octanol–water partition coefficient (Wildman–Crippen LogP) is 3.64. The molecule has 108 valence electrons. The Labute approximate surface area is 118 Å². The fourth-order valence-electron chi connectivity index (χ4n) is 2.73. The Hall–Kier alpha value is -0.860. The summed E-state index contributed by atoms with van der Waals surface area (Å²) in [5.41, 5.74) is 13.6. The summed E-state index contributed by atoms with van der Waals surface area (Å²) in [4.78, 5) is 0. The normalized spacial score (nSPS) is 15.5. The highest BCUT2D eigenvalue weighted by Crippen LogP contribution is 2.35. The van der Waals surface area contributed by atoms with Gasteiger partial charge in [-0.3, -0.25) is 0 Å². The molecule has 0 saturated carbocycles. The van der Waals surface area contributed by atoms with E-state index in [-0.39, 0.29) is 11.5 Å². The molecule has 1 aromatic carbocycles. The van der Waals surface area contributed by atoms with Crippen LogP contribution in [0.2, 0.25) is 0 Å². The number of hydrogen-bond acceptors (Lipinski definition) is 2. The van der Waals surface area contributed by atoms with Crippen molar-refractivity contribution in [2.24, 2.45) is 11.1 Å². The molecule has 0 aromatic heterocycles. The SMILES string of the molecule is Cc1c(C)c(C)c([C@H](N)[C@H](O)C(C)(C)C)c(C)c1C. The van der Waals surface area contributed by atoms with E-state index in [1.807, 2.05) is 20.8 Å². The molecule has 0 heterocycles. The average Bonchev–Trinajstić information content (AvgIpc) is 2.31. The molecular formula is C17H29NO. The number of nitrogens with two attached hydrogens (primary N) is 1. The molecule has 0 spiro atoms. The zero-order valence-corrected chi connectivity index (χ0v) is 13.7. The van der Waals surface area contributed by atoms with Gasteiger partial charge in [0.15, 0.2) is 0 Å². The zero-order chi connectivity index (χ0) is 15.1. The third-order valence-corrected chi connectivity index (χ3v) is 4.62. The van der Waals surface area contributed by atoms with Crippen LogP contribution in [0.3, 0.4) is 0 Å². The summed E-state index contributed by atoms with van der Waals surface area (Å²) < 4.78 is 0. The molecule has 0 aliphatic carbocycles. The van der Waals surface area contributed by atoms with Crippen molar-refractivity contribution in [3.8, 4) is 0 Å². The zero-order valence-electron chi connectivity index (χ0n) is 13.7. The van der Waals surface area contributed by atoms with Crippen LogP contribution < -0.4 is 5.73 Å². The Morgan fingerprint density at radius 2 is 1.11 bits per heavy atom. The van der Waals surface area contributed by atoms with Crippen molar-refractivity contribution >= 4 is 0 Å². The smallest absolute Gasteiger partial charge is 0.0781 e. The van der Waals surface area contributed by atoms with E-state index in [9.17, 15) is 5.11 Å². The first-order valence-electron chi connectivity index (χ1n) is 7.00. The Bertz CT molecular complexity index is 454. The van der Waals surface area contributed by atoms with Gasteiger partial charge in [0.1, 0.15) is 0 Å². The van der Waals surface area contributed by atoms with Crippen molar-refractivity contribution in [3.63, 3.8) is 0 Å². The lowest BCUT2D eigenvalue weighted by Gasteiger charge is -2.33. The third-order valence-electron chi connectivity index (χ3n) is 4.62. The first-order chi connectivity index (χ1) is 8.50. The molecule has 2 nitrogen and oxygen atoms in total. The van der Waals surface area contributed by atoms with Gasteiger partial charge < -0.3 is 10.8 Å². The fourth-order valence-corrected chi connectivity index (χ4v) is 2.73. The van der Waals surface area contributed by atoms with Gasteiger partial charge in [-0.15, -0.1) is 0 Å². The molecule has 0 aliphatic heterocycles. The minimum atomic E-state index is -0.550. The van der Waals surface area contributed by atoms with Gasteiger partial charge in [-0.1, -0.05) is 20.8 Å². The maximum Gasteiger partial charge on any atom is 0.0781 e. The predicted molar refractivity (Wildman–Crippen MR) is 82.5 cm³/mol. The van der Waals surface area contributed by atoms with Gasteiger partial charge in [0.05, 0.1) is 12.1 Å². The number of aliphatic hydroxyl groups excluding tert-OH is 1. The second-order valence-corrected chi connectivity index (χ2v) is 6.88. The highest BCUT2D eigenvalue weighted by Gasteiger charge is 2.31. The van der Waals surface area contributed by atoms with Crippen molar-refractivity contribution in [2.45, 2.75) is 67.5 Å². The van der Waals surface area contributed by atoms with Crippen LogP contribution in [-0.4, -0.2) is 11.2 Å². The molecule has 3 N–H and O–H groups in total. The second-order valence-electron chi connectivity index (χ2n) is 6.88. The molecule has 0 saturated heterocycles. The highest BCUT2D eigenvalue weighted by molar-refractivity contribution is 5.51. The molecule has 0 radical (unpaired) electrons. The second kappa shape index (κ2) is 5.26. The van der Waals surface area contributed by atoms with Gasteiger partial charge in [-0.05, 0) is 73.4 Å². The quantitative estimate of drug-likeness (QED) is 0.856. The van der Waals surface area contributed by atoms with Gasteiger partial charge >= 0.3 is 0 Å². The molecule has 0 amide bonds. The maximum atomic E-state index is 10.5. The fraction of sp³-hybridized carbons (Fsp3) is 0.647. The summed E-state index contributed by atoms with van der Waals surface area (Å²) >= 11 is 0. The monoisotopic (exact) mass is 263 g/mol. The topological polar surface area (TPSA) is 46.2 Å². The summed E-state index contributed by atoms with van der Waals surface area (Å²) in [6.07, 6.45) is -0.550. The van der Waals surface area contributed by atoms with Crippen LogP contribution in [-0.2, 0) is 0 Å². The molecule has 19 heavy (non-hydrogen) atoms. The molecule has 2 atom stereocenters. The Kier molecular flexibility index (Phi) is 4.48. The molecule has 2 heteroatoms. The first kappa shape index (κ1) is 16.2. The van der Waals surface area contributed by atoms with E-state index in [1.165, 1.54) is 27.8 Å². The standard InChI is InChI=1S/C17H29NO/c1-9-10(2)12(4)14(13(5)11(9)3)15(18)16(19)17(6,7)8/h15-16,19H,18H2,1-8H3/t15-,16-/m0/s1. The van der Waals surface area contributed by atoms with Crippen molar-refractivity contribution in [2.75, 3.05) is 0 Å². The summed E-state index contributed by atoms with van der Waals surface area (Å²) in [6.45, 7) is 16.7. The summed E-state index contributed by atoms with van der Waals surface area (Å²) in [5.74, 6) is 0. The van der Waals surface area contributed by atoms with E-state index in [0.717, 1.165) is 5.56 Å². The Morgan fingerprint density at radius 3 is 1.42 bits per heavy atom. The number of hydrogen-bond donors (Lipinski definition) is 2. The lowest BCUT2D eigenvalue weighted by Crippen LogP contribution is -2.38. The largest absolute Gasteiger partial charge is 0.391 e. The van der Waals surface area contributed by atoms with E-state index < -0.39 is 6.10 Å². The molecule has 0 aliphatic rings. The lowest BCUT2D eigenvalue weighted by molar-refractivity contribution is 0.0397. The van der Waals surface area contributed by atoms with Crippen molar-refractivity contribution in [3.05, 3.63) is 33.4 Å². The Morgan fingerprint density at radius 1 is 0.789 bits per heavy atom. The van der Waals surface area contributed by atoms with Gasteiger partial charge in [-0.2, -0.15) is 0 Å². The molecular weight excluding hydrogens is 234 g/mol. The lowest BCUT2D eigenvalue weighted by atomic mass is 9.78. The van der Waals surface area contributed by atoms with E-state index in [2.05, 4.69) is 34.6 Å². The van der Waals surface area contributed by atoms with Gasteiger partial charge in [0, 0.05) is 0 Å². The van der Waals surface area contributed by atoms with E-state index in [1.54, 1.807) is 0 Å². The minimum absolute atomic E-state index is 0.217. The summed E-state index contributed by atoms with van der Waals surface area (Å²) in [7, 11) is 0. The highest BCUT2D eigenvalue weighted by atomic mass is 16.3. The molecule has 1 aromatic rings. The van der Waals surface area contributed by atoms with Crippen LogP contribution in [0.1, 0.15) is 60.2 Å². The molecule has 1 rings (SSSR count). The van der Waals surface area contributed by atoms with Crippen LogP contribution in [0, 0.1) is 40.0 Å². The maximum absolute atomic E-state index is 10.5. The minimum Gasteiger partial charge on any atom is -0.391 e. The van der Waals surface area contributed by atoms with E-state index in [0.29, 0.717) is 0 Å². The summed E-state index contributed by atoms with van der Waals surface area (Å²) in [6, 6.07) is -0.335. The number of rotatable bonds is 2. The van der Waals surface area contributed by atoms with Gasteiger partial charge in [0.25, 0.3) is 0 Å². The van der Waals surface area contributed by atoms with Crippen molar-refractivity contribution in [1.29, 1.82) is 0 Å². The Balaban J connectivity index is 3.44. The van der Waals surface area contributed by atoms with Crippen LogP contribution in [0.4, 0.5) is 0 Å². The van der Waals surface area contributed by atoms with Crippen LogP contribution in [0.15, 0.2) is 0 Å². The van der Waals surface area contributed by atoms with Crippen molar-refractivity contribution in [1.82, 2.24) is 0 Å². The molecule has 0 bridgehead atoms. The molecule has 0 unspecified atom stereocenters. The third kappa shape index (κ3) is 2.85. The first-order valence-corrected chi connectivity index (χ1v) is 7.00. The molecule has 0 fully saturated rings. The van der Waals surface area contributed by atoms with Gasteiger partial charge in [-0.25, -0.2) is 0 Å². The van der Waals surface area contributed by atoms with Crippen LogP contribution in [0.5, 0.6) is 0 Å². The van der Waals surface area contributed by atoms with E-state index >= 15 is 0 Å². The average molecular weight is 263 g/mol. The summed E-state index contributed by atoms with van der Waals surface area (Å²) in [5, 5.41) is 10.5. The van der Waals surface area contributed by atoms with Crippen molar-refractivity contribution < 1.29 is 5.11 Å². The van der Waals surface area contributed by atoms with E-state index in [4.69, 9.17) is 5.73 Å². The van der Waals surface area contributed by atoms with Crippen LogP contribution >= 0.6 is 0 Å². The van der Waals surface area contributed by atoms with Crippen LogP contribution in [0.25, 0.3) is 0 Å².